The van der Waals surface area contributed by atoms with Gasteiger partial charge in [-0.1, -0.05) is 24.3 Å². The predicted molar refractivity (Wildman–Crippen MR) is 92.9 cm³/mol. The fourth-order valence-corrected chi connectivity index (χ4v) is 4.36. The molecule has 2 aromatic rings. The summed E-state index contributed by atoms with van der Waals surface area (Å²) in [5.74, 6) is 0.669. The third kappa shape index (κ3) is 2.56. The zero-order valence-corrected chi connectivity index (χ0v) is 14.1. The number of nitrogens with two attached hydrogens (primary N) is 1. The van der Waals surface area contributed by atoms with E-state index in [1.54, 1.807) is 12.1 Å². The second-order valence-corrected chi connectivity index (χ2v) is 8.20. The van der Waals surface area contributed by atoms with Gasteiger partial charge in [0.25, 0.3) is 0 Å². The lowest BCUT2D eigenvalue weighted by Crippen LogP contribution is -2.41. The quantitative estimate of drug-likeness (QED) is 0.832. The van der Waals surface area contributed by atoms with Crippen molar-refractivity contribution in [3.63, 3.8) is 0 Å². The van der Waals surface area contributed by atoms with Crippen LogP contribution in [0, 0.1) is 0 Å². The number of benzene rings is 2. The van der Waals surface area contributed by atoms with Crippen molar-refractivity contribution in [3.8, 4) is 5.75 Å². The molecule has 1 spiro atoms. The zero-order valence-electron chi connectivity index (χ0n) is 13.3. The van der Waals surface area contributed by atoms with Crippen molar-refractivity contribution < 1.29 is 13.2 Å². The molecule has 2 aliphatic rings. The molecule has 5 nitrogen and oxygen atoms in total. The van der Waals surface area contributed by atoms with E-state index in [0.717, 1.165) is 19.3 Å². The van der Waals surface area contributed by atoms with Gasteiger partial charge in [-0.2, -0.15) is 0 Å². The number of aryl methyl sites for hydroxylation is 1. The highest BCUT2D eigenvalue weighted by molar-refractivity contribution is 7.89. The molecule has 126 valence electrons. The Morgan fingerprint density at radius 2 is 2.00 bits per heavy atom. The molecule has 24 heavy (non-hydrogen) atoms. The molecule has 1 aliphatic heterocycles. The van der Waals surface area contributed by atoms with Gasteiger partial charge in [-0.15, -0.1) is 0 Å². The van der Waals surface area contributed by atoms with E-state index in [9.17, 15) is 8.42 Å². The smallest absolute Gasteiger partial charge is 0.238 e. The molecule has 0 saturated heterocycles. The van der Waals surface area contributed by atoms with E-state index in [2.05, 4.69) is 29.6 Å². The topological polar surface area (TPSA) is 81.4 Å². The summed E-state index contributed by atoms with van der Waals surface area (Å²) in [7, 11) is -3.73. The molecule has 1 heterocycles. The lowest BCUT2D eigenvalue weighted by atomic mass is 9.70. The van der Waals surface area contributed by atoms with E-state index in [1.807, 2.05) is 0 Å². The molecule has 0 amide bonds. The Balaban J connectivity index is 1.71. The third-order valence-electron chi connectivity index (χ3n) is 5.09. The Kier molecular flexibility index (Phi) is 3.54. The molecular formula is C18H20N2O3S. The summed E-state index contributed by atoms with van der Waals surface area (Å²) in [6, 6.07) is 13.2. The van der Waals surface area contributed by atoms with Crippen LogP contribution in [0.4, 0.5) is 5.69 Å². The maximum absolute atomic E-state index is 11.6. The Labute approximate surface area is 141 Å². The van der Waals surface area contributed by atoms with Gasteiger partial charge in [0.1, 0.15) is 5.75 Å². The van der Waals surface area contributed by atoms with Crippen LogP contribution in [0.1, 0.15) is 24.0 Å². The standard InChI is InChI=1S/C18H20N2O3S/c19-24(21,22)14-7-8-17-16(10-14)20-11-18(12-23-17)9-3-5-13-4-1-2-6-15(13)18/h1-2,4,6-8,10,20H,3,5,9,11-12H2,(H2,19,21,22). The molecule has 0 aromatic heterocycles. The number of hydrogen-bond acceptors (Lipinski definition) is 4. The van der Waals surface area contributed by atoms with Gasteiger partial charge in [-0.3, -0.25) is 0 Å². The molecule has 1 atom stereocenters. The molecule has 6 heteroatoms. The number of hydrogen-bond donors (Lipinski definition) is 2. The first kappa shape index (κ1) is 15.5. The average Bonchev–Trinajstić information content (AvgIpc) is 2.75. The monoisotopic (exact) mass is 344 g/mol. The van der Waals surface area contributed by atoms with Crippen molar-refractivity contribution in [2.75, 3.05) is 18.5 Å². The first-order valence-electron chi connectivity index (χ1n) is 8.10. The average molecular weight is 344 g/mol. The first-order valence-corrected chi connectivity index (χ1v) is 9.65. The van der Waals surface area contributed by atoms with E-state index >= 15 is 0 Å². The van der Waals surface area contributed by atoms with Gasteiger partial charge in [0.05, 0.1) is 17.2 Å². The number of rotatable bonds is 1. The van der Waals surface area contributed by atoms with Gasteiger partial charge < -0.3 is 10.1 Å². The second kappa shape index (κ2) is 5.50. The zero-order chi connectivity index (χ0) is 16.8. The fraction of sp³-hybridized carbons (Fsp3) is 0.333. The van der Waals surface area contributed by atoms with Crippen LogP contribution >= 0.6 is 0 Å². The van der Waals surface area contributed by atoms with Gasteiger partial charge in [0, 0.05) is 12.0 Å². The molecule has 1 aliphatic carbocycles. The van der Waals surface area contributed by atoms with Gasteiger partial charge in [0.2, 0.25) is 10.0 Å². The van der Waals surface area contributed by atoms with Crippen molar-refractivity contribution >= 4 is 15.7 Å². The van der Waals surface area contributed by atoms with E-state index < -0.39 is 10.0 Å². The van der Waals surface area contributed by atoms with E-state index in [1.165, 1.54) is 17.2 Å². The van der Waals surface area contributed by atoms with Crippen LogP contribution in [-0.2, 0) is 21.9 Å². The Bertz CT molecular complexity index is 895. The van der Waals surface area contributed by atoms with E-state index in [0.29, 0.717) is 24.6 Å². The molecule has 3 N–H and O–H groups in total. The molecule has 2 aromatic carbocycles. The maximum Gasteiger partial charge on any atom is 0.238 e. The number of ether oxygens (including phenoxy) is 1. The Morgan fingerprint density at radius 3 is 2.83 bits per heavy atom. The van der Waals surface area contributed by atoms with Crippen LogP contribution in [-0.4, -0.2) is 21.6 Å². The number of fused-ring (bicyclic) bond motifs is 3. The Morgan fingerprint density at radius 1 is 1.17 bits per heavy atom. The lowest BCUT2D eigenvalue weighted by molar-refractivity contribution is 0.210. The summed E-state index contributed by atoms with van der Waals surface area (Å²) in [4.78, 5) is 0.0948. The SMILES string of the molecule is NS(=O)(=O)c1ccc2c(c1)NCC1(CCCc3ccccc31)CO2. The number of nitrogens with one attached hydrogen (secondary N) is 1. The van der Waals surface area contributed by atoms with Gasteiger partial charge in [-0.25, -0.2) is 13.6 Å². The van der Waals surface area contributed by atoms with Crippen molar-refractivity contribution in [3.05, 3.63) is 53.6 Å². The first-order chi connectivity index (χ1) is 11.5. The number of sulfonamides is 1. The molecular weight excluding hydrogens is 324 g/mol. The summed E-state index contributed by atoms with van der Waals surface area (Å²) in [6.07, 6.45) is 3.27. The van der Waals surface area contributed by atoms with Gasteiger partial charge >= 0.3 is 0 Å². The number of anilines is 1. The van der Waals surface area contributed by atoms with Crippen molar-refractivity contribution in [1.29, 1.82) is 0 Å². The fourth-order valence-electron chi connectivity index (χ4n) is 3.82. The third-order valence-corrected chi connectivity index (χ3v) is 6.00. The lowest BCUT2D eigenvalue weighted by Gasteiger charge is -2.37. The molecule has 0 bridgehead atoms. The van der Waals surface area contributed by atoms with Crippen LogP contribution in [0.2, 0.25) is 0 Å². The van der Waals surface area contributed by atoms with Crippen LogP contribution < -0.4 is 15.2 Å². The van der Waals surface area contributed by atoms with Crippen LogP contribution in [0.3, 0.4) is 0 Å². The highest BCUT2D eigenvalue weighted by Crippen LogP contribution is 2.41. The molecule has 0 radical (unpaired) electrons. The van der Waals surface area contributed by atoms with Crippen molar-refractivity contribution in [2.45, 2.75) is 29.6 Å². The molecule has 1 unspecified atom stereocenters. The predicted octanol–water partition coefficient (Wildman–Crippen LogP) is 2.41. The van der Waals surface area contributed by atoms with Gasteiger partial charge in [-0.05, 0) is 48.6 Å². The summed E-state index contributed by atoms with van der Waals surface area (Å²) >= 11 is 0. The van der Waals surface area contributed by atoms with E-state index in [4.69, 9.17) is 9.88 Å². The van der Waals surface area contributed by atoms with E-state index in [-0.39, 0.29) is 10.3 Å². The highest BCUT2D eigenvalue weighted by Gasteiger charge is 2.39. The second-order valence-electron chi connectivity index (χ2n) is 6.64. The largest absolute Gasteiger partial charge is 0.490 e. The Hall–Kier alpha value is -2.05. The van der Waals surface area contributed by atoms with Crippen molar-refractivity contribution in [1.82, 2.24) is 0 Å². The van der Waals surface area contributed by atoms with Crippen LogP contribution in [0.5, 0.6) is 5.75 Å². The van der Waals surface area contributed by atoms with Crippen LogP contribution in [0.25, 0.3) is 0 Å². The minimum absolute atomic E-state index is 0.0877. The van der Waals surface area contributed by atoms with Gasteiger partial charge in [0.15, 0.2) is 0 Å². The maximum atomic E-state index is 11.6. The minimum atomic E-state index is -3.73. The highest BCUT2D eigenvalue weighted by atomic mass is 32.2. The summed E-state index contributed by atoms with van der Waals surface area (Å²) in [5, 5.41) is 8.63. The minimum Gasteiger partial charge on any atom is -0.490 e. The number of primary sulfonamides is 1. The molecule has 4 rings (SSSR count). The van der Waals surface area contributed by atoms with Crippen LogP contribution in [0.15, 0.2) is 47.4 Å². The summed E-state index contributed by atoms with van der Waals surface area (Å²) < 4.78 is 29.2. The molecule has 0 fully saturated rings. The summed E-state index contributed by atoms with van der Waals surface area (Å²) in [5.41, 5.74) is 3.31. The normalized spacial score (nSPS) is 22.7. The summed E-state index contributed by atoms with van der Waals surface area (Å²) in [6.45, 7) is 1.30. The van der Waals surface area contributed by atoms with Crippen molar-refractivity contribution in [2.24, 2.45) is 5.14 Å². The molecule has 0 saturated carbocycles.